The van der Waals surface area contributed by atoms with Crippen molar-refractivity contribution < 1.29 is 14.0 Å². The van der Waals surface area contributed by atoms with E-state index in [1.165, 1.54) is 61.6 Å². The van der Waals surface area contributed by atoms with Crippen LogP contribution in [0.25, 0.3) is 0 Å². The molecule has 4 nitrogen and oxygen atoms in total. The van der Waals surface area contributed by atoms with Crippen LogP contribution < -0.4 is 5.73 Å². The standard InChI is InChI=1S/C23H29FN2O2/c1-14(23-11-15-7-16(12-23)9-17(8-15)13-23)6-20(27)26(2)21(22(25)28)18-4-3-5-19(24)10-18/h3-6,10,15-17,21H,7-9,11-13H2,1-2H3,(H2,25,28)/b14-6-. The van der Waals surface area contributed by atoms with Gasteiger partial charge < -0.3 is 10.6 Å². The van der Waals surface area contributed by atoms with Gasteiger partial charge in [-0.15, -0.1) is 0 Å². The number of carbonyl (C=O) groups is 2. The summed E-state index contributed by atoms with van der Waals surface area (Å²) in [4.78, 5) is 26.4. The van der Waals surface area contributed by atoms with E-state index in [1.807, 2.05) is 0 Å². The van der Waals surface area contributed by atoms with Crippen LogP contribution in [0.4, 0.5) is 4.39 Å². The Bertz CT molecular complexity index is 796. The normalized spacial score (nSPS) is 32.2. The molecule has 1 aromatic rings. The fraction of sp³-hybridized carbons (Fsp3) is 0.565. The van der Waals surface area contributed by atoms with Crippen molar-refractivity contribution in [1.82, 2.24) is 4.90 Å². The summed E-state index contributed by atoms with van der Waals surface area (Å²) < 4.78 is 13.6. The molecule has 4 bridgehead atoms. The smallest absolute Gasteiger partial charge is 0.247 e. The molecule has 4 saturated carbocycles. The number of likely N-dealkylation sites (N-methyl/N-ethyl adjacent to an activating group) is 1. The van der Waals surface area contributed by atoms with E-state index in [1.54, 1.807) is 19.2 Å². The van der Waals surface area contributed by atoms with Gasteiger partial charge in [-0.05, 0) is 86.3 Å². The molecule has 2 amide bonds. The maximum atomic E-state index is 13.6. The van der Waals surface area contributed by atoms with Crippen LogP contribution in [0.5, 0.6) is 0 Å². The second-order valence-corrected chi connectivity index (χ2v) is 9.33. The number of amides is 2. The lowest BCUT2D eigenvalue weighted by atomic mass is 9.48. The molecule has 4 aliphatic rings. The van der Waals surface area contributed by atoms with Crippen LogP contribution in [0.1, 0.15) is 57.1 Å². The van der Waals surface area contributed by atoms with Crippen molar-refractivity contribution in [3.8, 4) is 0 Å². The summed E-state index contributed by atoms with van der Waals surface area (Å²) in [5, 5.41) is 0. The number of nitrogens with zero attached hydrogens (tertiary/aromatic N) is 1. The van der Waals surface area contributed by atoms with Crippen LogP contribution in [0.2, 0.25) is 0 Å². The minimum Gasteiger partial charge on any atom is -0.368 e. The van der Waals surface area contributed by atoms with Crippen LogP contribution >= 0.6 is 0 Å². The maximum Gasteiger partial charge on any atom is 0.247 e. The number of allylic oxidation sites excluding steroid dienone is 1. The molecule has 4 aliphatic carbocycles. The average Bonchev–Trinajstić information content (AvgIpc) is 2.60. The first-order chi connectivity index (χ1) is 13.3. The van der Waals surface area contributed by atoms with Gasteiger partial charge in [0.05, 0.1) is 0 Å². The molecule has 4 fully saturated rings. The Balaban J connectivity index is 1.57. The van der Waals surface area contributed by atoms with Crippen LogP contribution in [0, 0.1) is 29.0 Å². The van der Waals surface area contributed by atoms with Crippen molar-refractivity contribution in [2.45, 2.75) is 51.5 Å². The van der Waals surface area contributed by atoms with Crippen LogP contribution in [-0.4, -0.2) is 23.8 Å². The van der Waals surface area contributed by atoms with Gasteiger partial charge in [0.25, 0.3) is 0 Å². The predicted molar refractivity (Wildman–Crippen MR) is 105 cm³/mol. The summed E-state index contributed by atoms with van der Waals surface area (Å²) in [6, 6.07) is 4.73. The Kier molecular flexibility index (Phi) is 4.80. The van der Waals surface area contributed by atoms with Crippen molar-refractivity contribution in [2.24, 2.45) is 28.9 Å². The molecule has 1 unspecified atom stereocenters. The van der Waals surface area contributed by atoms with E-state index in [9.17, 15) is 14.0 Å². The van der Waals surface area contributed by atoms with Gasteiger partial charge in [-0.25, -0.2) is 4.39 Å². The number of benzene rings is 1. The molecule has 28 heavy (non-hydrogen) atoms. The lowest BCUT2D eigenvalue weighted by molar-refractivity contribution is -0.134. The third-order valence-corrected chi connectivity index (χ3v) is 7.38. The first-order valence-electron chi connectivity index (χ1n) is 10.3. The van der Waals surface area contributed by atoms with Gasteiger partial charge in [-0.1, -0.05) is 17.7 Å². The maximum absolute atomic E-state index is 13.6. The molecule has 0 spiro atoms. The lowest BCUT2D eigenvalue weighted by Gasteiger charge is -2.57. The number of rotatable bonds is 5. The third-order valence-electron chi connectivity index (χ3n) is 7.38. The zero-order valence-corrected chi connectivity index (χ0v) is 16.7. The Morgan fingerprint density at radius 1 is 1.18 bits per heavy atom. The number of halogens is 1. The number of nitrogens with two attached hydrogens (primary N) is 1. The molecule has 0 aromatic heterocycles. The summed E-state index contributed by atoms with van der Waals surface area (Å²) in [6.45, 7) is 2.07. The topological polar surface area (TPSA) is 63.4 Å². The van der Waals surface area contributed by atoms with E-state index in [-0.39, 0.29) is 11.3 Å². The van der Waals surface area contributed by atoms with Gasteiger partial charge >= 0.3 is 0 Å². The van der Waals surface area contributed by atoms with Gasteiger partial charge in [0.2, 0.25) is 11.8 Å². The Hall–Kier alpha value is -2.17. The van der Waals surface area contributed by atoms with E-state index >= 15 is 0 Å². The Morgan fingerprint density at radius 2 is 1.75 bits per heavy atom. The fourth-order valence-electron chi connectivity index (χ4n) is 6.42. The van der Waals surface area contributed by atoms with E-state index in [0.717, 1.165) is 23.3 Å². The lowest BCUT2D eigenvalue weighted by Crippen LogP contribution is -2.47. The first kappa shape index (κ1) is 19.2. The summed E-state index contributed by atoms with van der Waals surface area (Å²) >= 11 is 0. The van der Waals surface area contributed by atoms with Gasteiger partial charge in [-0.3, -0.25) is 9.59 Å². The third kappa shape index (κ3) is 3.36. The number of carbonyl (C=O) groups excluding carboxylic acids is 2. The monoisotopic (exact) mass is 384 g/mol. The molecule has 0 heterocycles. The van der Waals surface area contributed by atoms with Crippen molar-refractivity contribution in [2.75, 3.05) is 7.05 Å². The number of primary amides is 1. The second-order valence-electron chi connectivity index (χ2n) is 9.33. The summed E-state index contributed by atoms with van der Waals surface area (Å²) in [5.41, 5.74) is 7.23. The van der Waals surface area contributed by atoms with Gasteiger partial charge in [0.15, 0.2) is 0 Å². The van der Waals surface area contributed by atoms with E-state index in [0.29, 0.717) is 5.56 Å². The zero-order chi connectivity index (χ0) is 20.1. The number of hydrogen-bond acceptors (Lipinski definition) is 2. The van der Waals surface area contributed by atoms with Crippen LogP contribution in [-0.2, 0) is 9.59 Å². The number of hydrogen-bond donors (Lipinski definition) is 1. The molecule has 0 radical (unpaired) electrons. The van der Waals surface area contributed by atoms with E-state index in [2.05, 4.69) is 6.92 Å². The van der Waals surface area contributed by atoms with Gasteiger partial charge in [-0.2, -0.15) is 0 Å². The molecule has 0 aliphatic heterocycles. The van der Waals surface area contributed by atoms with Crippen molar-refractivity contribution >= 4 is 11.8 Å². The highest BCUT2D eigenvalue weighted by molar-refractivity contribution is 5.93. The fourth-order valence-corrected chi connectivity index (χ4v) is 6.42. The van der Waals surface area contributed by atoms with Crippen molar-refractivity contribution in [3.05, 3.63) is 47.3 Å². The SMILES string of the molecule is C/C(=C/C(=O)N(C)C(C(N)=O)c1cccc(F)c1)C12CC3CC(CC(C3)C1)C2. The highest BCUT2D eigenvalue weighted by atomic mass is 19.1. The largest absolute Gasteiger partial charge is 0.368 e. The molecule has 1 atom stereocenters. The minimum absolute atomic E-state index is 0.145. The summed E-state index contributed by atoms with van der Waals surface area (Å²) in [6.07, 6.45) is 9.30. The quantitative estimate of drug-likeness (QED) is 0.781. The second kappa shape index (κ2) is 7.02. The van der Waals surface area contributed by atoms with Crippen LogP contribution in [0.3, 0.4) is 0 Å². The molecule has 2 N–H and O–H groups in total. The van der Waals surface area contributed by atoms with Gasteiger partial charge in [0, 0.05) is 13.1 Å². The molecule has 1 aromatic carbocycles. The summed E-state index contributed by atoms with van der Waals surface area (Å²) in [7, 11) is 1.56. The molecular weight excluding hydrogens is 355 g/mol. The summed E-state index contributed by atoms with van der Waals surface area (Å²) in [5.74, 6) is 1.03. The molecule has 5 heteroatoms. The van der Waals surface area contributed by atoms with Gasteiger partial charge in [0.1, 0.15) is 11.9 Å². The Labute approximate surface area is 166 Å². The minimum atomic E-state index is -0.983. The molecule has 5 rings (SSSR count). The van der Waals surface area contributed by atoms with Crippen molar-refractivity contribution in [3.63, 3.8) is 0 Å². The molecular formula is C23H29FN2O2. The van der Waals surface area contributed by atoms with Crippen molar-refractivity contribution in [1.29, 1.82) is 0 Å². The zero-order valence-electron chi connectivity index (χ0n) is 16.7. The van der Waals surface area contributed by atoms with E-state index in [4.69, 9.17) is 5.73 Å². The Morgan fingerprint density at radius 3 is 2.25 bits per heavy atom. The first-order valence-corrected chi connectivity index (χ1v) is 10.3. The molecule has 0 saturated heterocycles. The predicted octanol–water partition coefficient (Wildman–Crippen LogP) is 3.97. The van der Waals surface area contributed by atoms with E-state index < -0.39 is 17.8 Å². The molecule has 150 valence electrons. The average molecular weight is 384 g/mol. The van der Waals surface area contributed by atoms with Crippen LogP contribution in [0.15, 0.2) is 35.9 Å². The highest BCUT2D eigenvalue weighted by Gasteiger charge is 2.51. The highest BCUT2D eigenvalue weighted by Crippen LogP contribution is 2.62.